The van der Waals surface area contributed by atoms with Crippen LogP contribution in [0.5, 0.6) is 0 Å². The Kier molecular flexibility index (Phi) is 4.89. The highest BCUT2D eigenvalue weighted by Gasteiger charge is 2.29. The van der Waals surface area contributed by atoms with Crippen molar-refractivity contribution in [2.24, 2.45) is 5.73 Å². The Morgan fingerprint density at radius 3 is 2.53 bits per heavy atom. The summed E-state index contributed by atoms with van der Waals surface area (Å²) in [5, 5.41) is 18.7. The molecule has 88 valence electrons. The summed E-state index contributed by atoms with van der Waals surface area (Å²) in [4.78, 5) is 10.5. The zero-order valence-corrected chi connectivity index (χ0v) is 9.63. The fraction of sp³-hybridized carbons (Fsp3) is 0.900. The molecule has 4 N–H and O–H groups in total. The predicted octanol–water partition coefficient (Wildman–Crippen LogP) is 0.827. The Morgan fingerprint density at radius 2 is 2.00 bits per heavy atom. The number of aliphatic hydroxyl groups is 1. The van der Waals surface area contributed by atoms with Crippen LogP contribution in [0.2, 0.25) is 0 Å². The van der Waals surface area contributed by atoms with Crippen LogP contribution in [0.3, 0.4) is 0 Å². The summed E-state index contributed by atoms with van der Waals surface area (Å²) in [6.45, 7) is 0. The van der Waals surface area contributed by atoms with Gasteiger partial charge in [-0.25, -0.2) is 0 Å². The van der Waals surface area contributed by atoms with Gasteiger partial charge in [0, 0.05) is 11.5 Å². The highest BCUT2D eigenvalue weighted by Crippen LogP contribution is 2.30. The van der Waals surface area contributed by atoms with Crippen LogP contribution in [0.1, 0.15) is 32.1 Å². The van der Waals surface area contributed by atoms with E-state index in [0.29, 0.717) is 11.5 Å². The number of thioether (sulfide) groups is 1. The number of carboxylic acids is 1. The summed E-state index contributed by atoms with van der Waals surface area (Å²) >= 11 is 1.44. The number of rotatable bonds is 5. The zero-order valence-electron chi connectivity index (χ0n) is 8.82. The fourth-order valence-corrected chi connectivity index (χ4v) is 2.98. The Balaban J connectivity index is 2.21. The molecule has 1 saturated carbocycles. The van der Waals surface area contributed by atoms with Gasteiger partial charge in [0.25, 0.3) is 0 Å². The molecular weight excluding hydrogens is 214 g/mol. The average Bonchev–Trinajstić information content (AvgIpc) is 2.18. The van der Waals surface area contributed by atoms with E-state index in [1.165, 1.54) is 18.2 Å². The van der Waals surface area contributed by atoms with Crippen LogP contribution in [-0.4, -0.2) is 39.3 Å². The van der Waals surface area contributed by atoms with Crippen LogP contribution in [0, 0.1) is 0 Å². The van der Waals surface area contributed by atoms with Crippen LogP contribution in [0.4, 0.5) is 0 Å². The fourth-order valence-electron chi connectivity index (χ4n) is 1.80. The molecule has 1 fully saturated rings. The number of carbonyl (C=O) groups is 1. The van der Waals surface area contributed by atoms with E-state index in [4.69, 9.17) is 10.8 Å². The molecule has 1 atom stereocenters. The average molecular weight is 233 g/mol. The van der Waals surface area contributed by atoms with Crippen molar-refractivity contribution in [1.29, 1.82) is 0 Å². The smallest absolute Gasteiger partial charge is 0.321 e. The van der Waals surface area contributed by atoms with Crippen molar-refractivity contribution in [1.82, 2.24) is 0 Å². The van der Waals surface area contributed by atoms with Crippen molar-refractivity contribution in [2.45, 2.75) is 43.7 Å². The third-order valence-corrected chi connectivity index (χ3v) is 4.11. The van der Waals surface area contributed by atoms with E-state index in [0.717, 1.165) is 25.7 Å². The lowest BCUT2D eigenvalue weighted by Gasteiger charge is -2.31. The van der Waals surface area contributed by atoms with Crippen molar-refractivity contribution in [3.63, 3.8) is 0 Å². The summed E-state index contributed by atoms with van der Waals surface area (Å²) in [5.74, 6) is 0.00385. The van der Waals surface area contributed by atoms with Gasteiger partial charge in [-0.2, -0.15) is 11.8 Å². The van der Waals surface area contributed by atoms with Crippen molar-refractivity contribution < 1.29 is 15.0 Å². The van der Waals surface area contributed by atoms with E-state index in [1.54, 1.807) is 0 Å². The molecule has 0 saturated heterocycles. The molecule has 1 aliphatic rings. The largest absolute Gasteiger partial charge is 0.480 e. The number of aliphatic carboxylic acids is 1. The molecule has 0 heterocycles. The maximum Gasteiger partial charge on any atom is 0.321 e. The molecule has 4 nitrogen and oxygen atoms in total. The van der Waals surface area contributed by atoms with E-state index >= 15 is 0 Å². The summed E-state index contributed by atoms with van der Waals surface area (Å²) in [6.07, 6.45) is 5.01. The molecule has 0 aromatic rings. The van der Waals surface area contributed by atoms with Crippen LogP contribution < -0.4 is 5.73 Å². The van der Waals surface area contributed by atoms with Crippen molar-refractivity contribution in [3.05, 3.63) is 0 Å². The lowest BCUT2D eigenvalue weighted by atomic mass is 9.86. The Bertz CT molecular complexity index is 217. The van der Waals surface area contributed by atoms with E-state index in [1.807, 2.05) is 0 Å². The quantitative estimate of drug-likeness (QED) is 0.655. The summed E-state index contributed by atoms with van der Waals surface area (Å²) in [7, 11) is 0. The van der Waals surface area contributed by atoms with Gasteiger partial charge in [0.05, 0.1) is 5.60 Å². The van der Waals surface area contributed by atoms with Gasteiger partial charge < -0.3 is 15.9 Å². The van der Waals surface area contributed by atoms with E-state index < -0.39 is 17.6 Å². The molecule has 0 amide bonds. The van der Waals surface area contributed by atoms with Gasteiger partial charge in [0.2, 0.25) is 0 Å². The molecule has 15 heavy (non-hydrogen) atoms. The number of nitrogens with two attached hydrogens (primary N) is 1. The van der Waals surface area contributed by atoms with Gasteiger partial charge in [-0.3, -0.25) is 4.79 Å². The molecule has 0 unspecified atom stereocenters. The monoisotopic (exact) mass is 233 g/mol. The second-order valence-electron chi connectivity index (χ2n) is 4.24. The van der Waals surface area contributed by atoms with Crippen molar-refractivity contribution in [2.75, 3.05) is 11.5 Å². The molecular formula is C10H19NO3S. The third kappa shape index (κ3) is 4.40. The zero-order chi connectivity index (χ0) is 11.3. The Hall–Kier alpha value is -0.260. The predicted molar refractivity (Wildman–Crippen MR) is 61.0 cm³/mol. The first-order valence-electron chi connectivity index (χ1n) is 5.32. The number of hydrogen-bond donors (Lipinski definition) is 3. The molecule has 1 aliphatic carbocycles. The minimum Gasteiger partial charge on any atom is -0.480 e. The minimum atomic E-state index is -0.974. The standard InChI is InChI=1S/C10H19NO3S/c11-8(9(12)13)6-15-7-10(14)4-2-1-3-5-10/h8,14H,1-7,11H2,(H,12,13)/t8-/m1/s1. The van der Waals surface area contributed by atoms with Gasteiger partial charge in [0.15, 0.2) is 0 Å². The molecule has 0 aromatic carbocycles. The summed E-state index contributed by atoms with van der Waals surface area (Å²) in [6, 6.07) is -0.817. The normalized spacial score (nSPS) is 22.3. The van der Waals surface area contributed by atoms with Crippen LogP contribution >= 0.6 is 11.8 Å². The van der Waals surface area contributed by atoms with E-state index in [2.05, 4.69) is 0 Å². The molecule has 0 spiro atoms. The second-order valence-corrected chi connectivity index (χ2v) is 5.28. The Labute approximate surface area is 94.2 Å². The molecule has 0 aliphatic heterocycles. The van der Waals surface area contributed by atoms with Gasteiger partial charge in [-0.15, -0.1) is 0 Å². The third-order valence-electron chi connectivity index (χ3n) is 2.77. The first-order chi connectivity index (χ1) is 7.03. The summed E-state index contributed by atoms with van der Waals surface area (Å²) < 4.78 is 0. The van der Waals surface area contributed by atoms with Crippen molar-refractivity contribution in [3.8, 4) is 0 Å². The number of hydrogen-bond acceptors (Lipinski definition) is 4. The first-order valence-corrected chi connectivity index (χ1v) is 6.47. The molecule has 0 radical (unpaired) electrons. The maximum atomic E-state index is 10.5. The molecule has 5 heteroatoms. The lowest BCUT2D eigenvalue weighted by molar-refractivity contribution is -0.137. The van der Waals surface area contributed by atoms with Gasteiger partial charge in [0.1, 0.15) is 6.04 Å². The second kappa shape index (κ2) is 5.72. The van der Waals surface area contributed by atoms with Crippen LogP contribution in [0.15, 0.2) is 0 Å². The topological polar surface area (TPSA) is 83.5 Å². The summed E-state index contributed by atoms with van der Waals surface area (Å²) in [5.41, 5.74) is 4.79. The SMILES string of the molecule is N[C@H](CSCC1(O)CCCCC1)C(=O)O. The van der Waals surface area contributed by atoms with E-state index in [9.17, 15) is 9.90 Å². The Morgan fingerprint density at radius 1 is 1.40 bits per heavy atom. The van der Waals surface area contributed by atoms with Crippen LogP contribution in [0.25, 0.3) is 0 Å². The van der Waals surface area contributed by atoms with Crippen LogP contribution in [-0.2, 0) is 4.79 Å². The molecule has 1 rings (SSSR count). The van der Waals surface area contributed by atoms with Gasteiger partial charge in [-0.1, -0.05) is 19.3 Å². The number of carboxylic acid groups (broad SMARTS) is 1. The minimum absolute atomic E-state index is 0.373. The van der Waals surface area contributed by atoms with Gasteiger partial charge >= 0.3 is 5.97 Å². The molecule has 0 bridgehead atoms. The van der Waals surface area contributed by atoms with Crippen molar-refractivity contribution >= 4 is 17.7 Å². The first kappa shape index (κ1) is 12.8. The highest BCUT2D eigenvalue weighted by molar-refractivity contribution is 7.99. The lowest BCUT2D eigenvalue weighted by Crippen LogP contribution is -2.37. The van der Waals surface area contributed by atoms with Gasteiger partial charge in [-0.05, 0) is 12.8 Å². The maximum absolute atomic E-state index is 10.5. The molecule has 0 aromatic heterocycles. The highest BCUT2D eigenvalue weighted by atomic mass is 32.2. The van der Waals surface area contributed by atoms with E-state index in [-0.39, 0.29) is 0 Å².